The number of hydrogen-bond acceptors (Lipinski definition) is 2. The maximum atomic E-state index is 11.7. The molecule has 0 aromatic heterocycles. The fourth-order valence-corrected chi connectivity index (χ4v) is 2.51. The number of carbonyl (C=O) groups excluding carboxylic acids is 1. The summed E-state index contributed by atoms with van der Waals surface area (Å²) in [7, 11) is 0. The minimum absolute atomic E-state index is 0.299. The molecule has 1 rings (SSSR count). The molecule has 0 saturated heterocycles. The molecule has 1 amide bonds. The van der Waals surface area contributed by atoms with Crippen LogP contribution in [0.2, 0.25) is 0 Å². The zero-order valence-corrected chi connectivity index (χ0v) is 11.5. The van der Waals surface area contributed by atoms with Crippen molar-refractivity contribution in [2.75, 3.05) is 0 Å². The number of hydrogen-bond donors (Lipinski definition) is 2. The van der Waals surface area contributed by atoms with Gasteiger partial charge >= 0.3 is 5.97 Å². The van der Waals surface area contributed by atoms with E-state index in [-0.39, 0.29) is 5.91 Å². The summed E-state index contributed by atoms with van der Waals surface area (Å²) in [5.74, 6) is -0.613. The van der Waals surface area contributed by atoms with Crippen LogP contribution in [0.3, 0.4) is 0 Å². The van der Waals surface area contributed by atoms with Gasteiger partial charge in [-0.3, -0.25) is 4.79 Å². The van der Waals surface area contributed by atoms with Crippen molar-refractivity contribution in [2.24, 2.45) is 5.92 Å². The maximum absolute atomic E-state index is 11.7. The number of nitrogens with one attached hydrogen (secondary N) is 1. The van der Waals surface area contributed by atoms with Crippen molar-refractivity contribution < 1.29 is 14.7 Å². The molecule has 0 bridgehead atoms. The van der Waals surface area contributed by atoms with Crippen LogP contribution in [-0.2, 0) is 9.59 Å². The largest absolute Gasteiger partial charge is 0.480 e. The number of carbonyl (C=O) groups is 2. The highest BCUT2D eigenvalue weighted by molar-refractivity contribution is 5.93. The smallest absolute Gasteiger partial charge is 0.329 e. The molecule has 102 valence electrons. The van der Waals surface area contributed by atoms with Gasteiger partial charge in [-0.15, -0.1) is 0 Å². The molecular formula is C14H23NO3. The second-order valence-electron chi connectivity index (χ2n) is 5.45. The van der Waals surface area contributed by atoms with Gasteiger partial charge < -0.3 is 10.4 Å². The number of carboxylic acids is 1. The zero-order chi connectivity index (χ0) is 13.8. The summed E-state index contributed by atoms with van der Waals surface area (Å²) in [6.45, 7) is 5.77. The molecule has 4 nitrogen and oxygen atoms in total. The highest BCUT2D eigenvalue weighted by atomic mass is 16.4. The first-order chi connectivity index (χ1) is 8.39. The van der Waals surface area contributed by atoms with E-state index in [1.54, 1.807) is 0 Å². The van der Waals surface area contributed by atoms with Gasteiger partial charge in [-0.25, -0.2) is 4.79 Å². The molecule has 0 spiro atoms. The summed E-state index contributed by atoms with van der Waals surface area (Å²) >= 11 is 0. The van der Waals surface area contributed by atoms with Gasteiger partial charge in [0.15, 0.2) is 0 Å². The van der Waals surface area contributed by atoms with E-state index in [1.165, 1.54) is 6.08 Å². The fourth-order valence-electron chi connectivity index (χ4n) is 2.51. The predicted octanol–water partition coefficient (Wildman–Crippen LogP) is 2.49. The van der Waals surface area contributed by atoms with Crippen molar-refractivity contribution in [3.05, 3.63) is 11.6 Å². The highest BCUT2D eigenvalue weighted by Crippen LogP contribution is 2.34. The lowest BCUT2D eigenvalue weighted by Crippen LogP contribution is -2.56. The Hall–Kier alpha value is -1.32. The summed E-state index contributed by atoms with van der Waals surface area (Å²) in [5, 5.41) is 12.1. The Morgan fingerprint density at radius 3 is 2.28 bits per heavy atom. The van der Waals surface area contributed by atoms with Gasteiger partial charge in [-0.1, -0.05) is 18.9 Å². The Labute approximate surface area is 108 Å². The zero-order valence-electron chi connectivity index (χ0n) is 11.5. The average molecular weight is 253 g/mol. The number of aliphatic carboxylic acids is 1. The average Bonchev–Trinajstić information content (AvgIpc) is 2.28. The molecule has 1 saturated carbocycles. The lowest BCUT2D eigenvalue weighted by Gasteiger charge is -2.37. The van der Waals surface area contributed by atoms with Crippen LogP contribution in [0.4, 0.5) is 0 Å². The van der Waals surface area contributed by atoms with Crippen LogP contribution in [0, 0.1) is 5.92 Å². The third-order valence-electron chi connectivity index (χ3n) is 3.73. The molecule has 4 heteroatoms. The summed E-state index contributed by atoms with van der Waals surface area (Å²) < 4.78 is 0. The number of allylic oxidation sites excluding steroid dienone is 1. The van der Waals surface area contributed by atoms with Gasteiger partial charge in [0.2, 0.25) is 5.91 Å². The summed E-state index contributed by atoms with van der Waals surface area (Å²) in [5.41, 5.74) is -0.190. The molecular weight excluding hydrogens is 230 g/mol. The molecule has 0 heterocycles. The predicted molar refractivity (Wildman–Crippen MR) is 70.2 cm³/mol. The number of carboxylic acid groups (broad SMARTS) is 1. The highest BCUT2D eigenvalue weighted by Gasteiger charge is 2.42. The van der Waals surface area contributed by atoms with Crippen molar-refractivity contribution >= 4 is 11.9 Å². The Balaban J connectivity index is 2.75. The molecule has 1 fully saturated rings. The van der Waals surface area contributed by atoms with E-state index in [1.807, 2.05) is 13.8 Å². The third-order valence-corrected chi connectivity index (χ3v) is 3.73. The van der Waals surface area contributed by atoms with Crippen LogP contribution in [0.1, 0.15) is 52.9 Å². The quantitative estimate of drug-likeness (QED) is 0.756. The lowest BCUT2D eigenvalue weighted by molar-refractivity contribution is -0.149. The first-order valence-corrected chi connectivity index (χ1v) is 6.60. The van der Waals surface area contributed by atoms with Crippen molar-refractivity contribution in [3.63, 3.8) is 0 Å². The Bertz CT molecular complexity index is 348. The topological polar surface area (TPSA) is 66.4 Å². The van der Waals surface area contributed by atoms with E-state index in [0.29, 0.717) is 18.8 Å². The number of amides is 1. The second kappa shape index (κ2) is 6.03. The summed E-state index contributed by atoms with van der Waals surface area (Å²) in [4.78, 5) is 23.2. The van der Waals surface area contributed by atoms with E-state index >= 15 is 0 Å². The monoisotopic (exact) mass is 253 g/mol. The molecule has 0 aliphatic heterocycles. The molecule has 0 unspecified atom stereocenters. The maximum Gasteiger partial charge on any atom is 0.329 e. The molecule has 0 atom stereocenters. The van der Waals surface area contributed by atoms with E-state index in [9.17, 15) is 14.7 Å². The molecule has 0 radical (unpaired) electrons. The van der Waals surface area contributed by atoms with E-state index in [2.05, 4.69) is 12.2 Å². The minimum Gasteiger partial charge on any atom is -0.480 e. The van der Waals surface area contributed by atoms with Crippen LogP contribution in [0.5, 0.6) is 0 Å². The van der Waals surface area contributed by atoms with Gasteiger partial charge in [0.1, 0.15) is 5.54 Å². The summed E-state index contributed by atoms with van der Waals surface area (Å²) in [6.07, 6.45) is 5.34. The van der Waals surface area contributed by atoms with Crippen LogP contribution in [0.25, 0.3) is 0 Å². The van der Waals surface area contributed by atoms with Gasteiger partial charge in [-0.05, 0) is 45.4 Å². The van der Waals surface area contributed by atoms with Crippen molar-refractivity contribution in [2.45, 2.75) is 58.4 Å². The first-order valence-electron chi connectivity index (χ1n) is 6.60. The van der Waals surface area contributed by atoms with Gasteiger partial charge in [0.05, 0.1) is 0 Å². The third kappa shape index (κ3) is 3.59. The Kier molecular flexibility index (Phi) is 4.93. The SMILES string of the molecule is CCC1CCC(NC(=O)C=C(C)C)(C(=O)O)CC1. The molecule has 0 aromatic rings. The van der Waals surface area contributed by atoms with Crippen molar-refractivity contribution in [3.8, 4) is 0 Å². The van der Waals surface area contributed by atoms with Crippen LogP contribution >= 0.6 is 0 Å². The van der Waals surface area contributed by atoms with E-state index < -0.39 is 11.5 Å². The van der Waals surface area contributed by atoms with E-state index in [4.69, 9.17) is 0 Å². The second-order valence-corrected chi connectivity index (χ2v) is 5.45. The van der Waals surface area contributed by atoms with Gasteiger partial charge in [0.25, 0.3) is 0 Å². The van der Waals surface area contributed by atoms with Gasteiger partial charge in [-0.2, -0.15) is 0 Å². The molecule has 18 heavy (non-hydrogen) atoms. The molecule has 1 aliphatic rings. The lowest BCUT2D eigenvalue weighted by atomic mass is 9.75. The van der Waals surface area contributed by atoms with Crippen LogP contribution in [-0.4, -0.2) is 22.5 Å². The fraction of sp³-hybridized carbons (Fsp3) is 0.714. The number of rotatable bonds is 4. The molecule has 1 aliphatic carbocycles. The minimum atomic E-state index is -1.06. The summed E-state index contributed by atoms with van der Waals surface area (Å²) in [6, 6.07) is 0. The normalized spacial score (nSPS) is 27.4. The van der Waals surface area contributed by atoms with Crippen LogP contribution in [0.15, 0.2) is 11.6 Å². The molecule has 2 N–H and O–H groups in total. The first kappa shape index (κ1) is 14.7. The van der Waals surface area contributed by atoms with Crippen molar-refractivity contribution in [1.29, 1.82) is 0 Å². The Morgan fingerprint density at radius 2 is 1.89 bits per heavy atom. The molecule has 0 aromatic carbocycles. The van der Waals surface area contributed by atoms with Gasteiger partial charge in [0, 0.05) is 6.08 Å². The Morgan fingerprint density at radius 1 is 1.33 bits per heavy atom. The van der Waals surface area contributed by atoms with Crippen LogP contribution < -0.4 is 5.32 Å². The van der Waals surface area contributed by atoms with E-state index in [0.717, 1.165) is 24.8 Å². The standard InChI is InChI=1S/C14H23NO3/c1-4-11-5-7-14(8-6-11,13(17)18)15-12(16)9-10(2)3/h9,11H,4-8H2,1-3H3,(H,15,16)(H,17,18). The van der Waals surface area contributed by atoms with Crippen molar-refractivity contribution in [1.82, 2.24) is 5.32 Å².